The second-order valence-electron chi connectivity index (χ2n) is 13.0. The minimum atomic E-state index is -0.644. The molecule has 1 aliphatic carbocycles. The molecule has 0 spiro atoms. The molecule has 6 heteroatoms. The van der Waals surface area contributed by atoms with Crippen LogP contribution in [0.1, 0.15) is 56.2 Å². The van der Waals surface area contributed by atoms with E-state index in [0.717, 1.165) is 62.9 Å². The van der Waals surface area contributed by atoms with Crippen molar-refractivity contribution < 1.29 is 19.4 Å². The summed E-state index contributed by atoms with van der Waals surface area (Å²) in [5, 5.41) is 11.2. The number of aliphatic hydroxyl groups is 1. The fourth-order valence-corrected chi connectivity index (χ4v) is 6.89. The van der Waals surface area contributed by atoms with Gasteiger partial charge in [-0.2, -0.15) is 0 Å². The van der Waals surface area contributed by atoms with Crippen LogP contribution in [0, 0.1) is 17.3 Å². The normalized spacial score (nSPS) is 26.8. The Balaban J connectivity index is 1.28. The molecule has 1 N–H and O–H groups in total. The summed E-state index contributed by atoms with van der Waals surface area (Å²) in [7, 11) is 1.67. The van der Waals surface area contributed by atoms with Gasteiger partial charge >= 0.3 is 0 Å². The fourth-order valence-electron chi connectivity index (χ4n) is 6.89. The van der Waals surface area contributed by atoms with Crippen LogP contribution in [-0.2, 0) is 28.8 Å². The van der Waals surface area contributed by atoms with Crippen LogP contribution in [0.25, 0.3) is 0 Å². The number of piperidine rings is 1. The van der Waals surface area contributed by atoms with E-state index in [1.54, 1.807) is 7.11 Å². The number of rotatable bonds is 5. The largest absolute Gasteiger partial charge is 0.497 e. The predicted octanol–water partition coefficient (Wildman–Crippen LogP) is 4.76. The predicted molar refractivity (Wildman–Crippen MR) is 159 cm³/mol. The van der Waals surface area contributed by atoms with Crippen LogP contribution in [-0.4, -0.2) is 79.5 Å². The van der Waals surface area contributed by atoms with Gasteiger partial charge < -0.3 is 19.5 Å². The van der Waals surface area contributed by atoms with E-state index in [4.69, 9.17) is 9.47 Å². The Morgan fingerprint density at radius 1 is 0.975 bits per heavy atom. The summed E-state index contributed by atoms with van der Waals surface area (Å²) < 4.78 is 11.4. The van der Waals surface area contributed by atoms with Crippen LogP contribution in [0.15, 0.2) is 48.5 Å². The highest BCUT2D eigenvalue weighted by atomic mass is 16.5. The van der Waals surface area contributed by atoms with Gasteiger partial charge in [0.25, 0.3) is 0 Å². The van der Waals surface area contributed by atoms with Gasteiger partial charge in [0.2, 0.25) is 5.91 Å². The Morgan fingerprint density at radius 3 is 2.40 bits per heavy atom. The van der Waals surface area contributed by atoms with Gasteiger partial charge in [0.1, 0.15) is 5.75 Å². The van der Waals surface area contributed by atoms with Crippen LogP contribution < -0.4 is 4.74 Å². The summed E-state index contributed by atoms with van der Waals surface area (Å²) in [6.45, 7) is 8.36. The molecule has 2 heterocycles. The van der Waals surface area contributed by atoms with Crippen molar-refractivity contribution in [3.63, 3.8) is 0 Å². The number of aliphatic hydroxyl groups excluding tert-OH is 1. The topological polar surface area (TPSA) is 62.2 Å². The molecule has 2 aromatic carbocycles. The van der Waals surface area contributed by atoms with Crippen LogP contribution in [0.3, 0.4) is 0 Å². The summed E-state index contributed by atoms with van der Waals surface area (Å²) in [4.78, 5) is 18.5. The smallest absolute Gasteiger partial charge is 0.222 e. The molecule has 2 saturated heterocycles. The monoisotopic (exact) mass is 548 g/mol. The van der Waals surface area contributed by atoms with Gasteiger partial charge in [0.15, 0.2) is 0 Å². The van der Waals surface area contributed by atoms with Crippen molar-refractivity contribution in [2.24, 2.45) is 17.3 Å². The summed E-state index contributed by atoms with van der Waals surface area (Å²) >= 11 is 0. The van der Waals surface area contributed by atoms with Crippen LogP contribution in [0.2, 0.25) is 0 Å². The fraction of sp³-hybridized carbons (Fsp3) is 0.618. The molecule has 1 amide bonds. The lowest BCUT2D eigenvalue weighted by atomic mass is 9.79. The minimum Gasteiger partial charge on any atom is -0.497 e. The average Bonchev–Trinajstić information content (AvgIpc) is 3.40. The Morgan fingerprint density at radius 2 is 1.70 bits per heavy atom. The molecule has 2 aromatic rings. The zero-order chi connectivity index (χ0) is 28.1. The number of likely N-dealkylation sites (tertiary alicyclic amines) is 1. The van der Waals surface area contributed by atoms with E-state index < -0.39 is 11.5 Å². The lowest BCUT2D eigenvalue weighted by molar-refractivity contribution is -0.136. The number of fused-ring (bicyclic) bond motifs is 2. The SMILES string of the molecule is COc1ccc(CCN2C[C@H](O)C(C)(C)COCCC[C@H]3CN(C4Cc5ccccc5C4)CC[C@H]3CC2=O)cc1. The van der Waals surface area contributed by atoms with Crippen molar-refractivity contribution in [2.45, 2.75) is 70.9 Å². The summed E-state index contributed by atoms with van der Waals surface area (Å²) in [6, 6.07) is 17.5. The number of β-amino-alcohol motifs (C(OH)–C–C–N with tert-alkyl or cyclic N) is 1. The molecule has 2 fully saturated rings. The molecule has 2 aliphatic heterocycles. The molecule has 0 aromatic heterocycles. The van der Waals surface area contributed by atoms with Gasteiger partial charge in [0.05, 0.1) is 19.8 Å². The first-order valence-electron chi connectivity index (χ1n) is 15.3. The molecule has 3 atom stereocenters. The van der Waals surface area contributed by atoms with E-state index in [2.05, 4.69) is 41.3 Å². The molecular formula is C34H48N2O4. The Hall–Kier alpha value is -2.41. The van der Waals surface area contributed by atoms with E-state index in [9.17, 15) is 9.90 Å². The van der Waals surface area contributed by atoms with Gasteiger partial charge in [-0.25, -0.2) is 0 Å². The van der Waals surface area contributed by atoms with Crippen molar-refractivity contribution in [3.05, 3.63) is 65.2 Å². The Labute approximate surface area is 240 Å². The van der Waals surface area contributed by atoms with E-state index >= 15 is 0 Å². The van der Waals surface area contributed by atoms with Crippen molar-refractivity contribution >= 4 is 5.91 Å². The number of carbonyl (C=O) groups is 1. The number of amides is 1. The molecular weight excluding hydrogens is 500 g/mol. The quantitative estimate of drug-likeness (QED) is 0.584. The second kappa shape index (κ2) is 13.1. The van der Waals surface area contributed by atoms with E-state index in [-0.39, 0.29) is 5.91 Å². The maximum absolute atomic E-state index is 13.9. The van der Waals surface area contributed by atoms with Crippen LogP contribution in [0.4, 0.5) is 0 Å². The molecule has 218 valence electrons. The first-order chi connectivity index (χ1) is 19.3. The van der Waals surface area contributed by atoms with Crippen molar-refractivity contribution in [1.82, 2.24) is 9.80 Å². The van der Waals surface area contributed by atoms with Crippen molar-refractivity contribution in [3.8, 4) is 5.75 Å². The van der Waals surface area contributed by atoms with Crippen molar-refractivity contribution in [1.29, 1.82) is 0 Å². The van der Waals surface area contributed by atoms with Gasteiger partial charge in [-0.1, -0.05) is 50.2 Å². The van der Waals surface area contributed by atoms with Crippen molar-refractivity contribution in [2.75, 3.05) is 46.5 Å². The molecule has 0 unspecified atom stereocenters. The Bertz CT molecular complexity index is 1090. The second-order valence-corrected chi connectivity index (χ2v) is 13.0. The number of methoxy groups -OCH3 is 1. The highest BCUT2D eigenvalue weighted by molar-refractivity contribution is 5.76. The lowest BCUT2D eigenvalue weighted by Gasteiger charge is -2.42. The molecule has 6 nitrogen and oxygen atoms in total. The first kappa shape index (κ1) is 29.1. The number of ether oxygens (including phenoxy) is 2. The number of hydrogen-bond acceptors (Lipinski definition) is 5. The molecule has 0 radical (unpaired) electrons. The molecule has 5 rings (SSSR count). The average molecular weight is 549 g/mol. The molecule has 3 aliphatic rings. The number of benzene rings is 2. The molecule has 40 heavy (non-hydrogen) atoms. The third-order valence-electron chi connectivity index (χ3n) is 9.72. The van der Waals surface area contributed by atoms with E-state index in [1.807, 2.05) is 30.9 Å². The molecule has 0 bridgehead atoms. The third kappa shape index (κ3) is 7.07. The van der Waals surface area contributed by atoms with Gasteiger partial charge in [-0.3, -0.25) is 9.69 Å². The maximum Gasteiger partial charge on any atom is 0.222 e. The number of nitrogens with zero attached hydrogens (tertiary/aromatic N) is 2. The standard InChI is InChI=1S/C34H48N2O4/c1-34(2)24-40-18-6-9-29-22-35(30-19-26-7-4-5-8-27(26)20-30)17-15-28(29)21-33(38)36(23-32(34)37)16-14-25-10-12-31(39-3)13-11-25/h4-5,7-8,10-13,28-30,32,37H,6,9,14-24H2,1-3H3/t28-,29-,32-/m0/s1. The summed E-state index contributed by atoms with van der Waals surface area (Å²) in [5.74, 6) is 1.88. The zero-order valence-corrected chi connectivity index (χ0v) is 24.7. The van der Waals surface area contributed by atoms with Gasteiger partial charge in [0, 0.05) is 44.1 Å². The maximum atomic E-state index is 13.9. The molecule has 0 saturated carbocycles. The summed E-state index contributed by atoms with van der Waals surface area (Å²) in [5.41, 5.74) is 3.74. The van der Waals surface area contributed by atoms with Crippen LogP contribution >= 0.6 is 0 Å². The third-order valence-corrected chi connectivity index (χ3v) is 9.72. The summed E-state index contributed by atoms with van der Waals surface area (Å²) in [6.07, 6.45) is 6.11. The van der Waals surface area contributed by atoms with E-state index in [1.165, 1.54) is 11.1 Å². The van der Waals surface area contributed by atoms with E-state index in [0.29, 0.717) is 50.6 Å². The zero-order valence-electron chi connectivity index (χ0n) is 24.7. The highest BCUT2D eigenvalue weighted by Gasteiger charge is 2.37. The van der Waals surface area contributed by atoms with Gasteiger partial charge in [-0.05, 0) is 85.7 Å². The van der Waals surface area contributed by atoms with Gasteiger partial charge in [-0.15, -0.1) is 0 Å². The first-order valence-corrected chi connectivity index (χ1v) is 15.3. The number of hydrogen-bond donors (Lipinski definition) is 1. The Kier molecular flexibility index (Phi) is 9.49. The highest BCUT2D eigenvalue weighted by Crippen LogP contribution is 2.35. The number of carbonyl (C=O) groups excluding carboxylic acids is 1. The van der Waals surface area contributed by atoms with Crippen LogP contribution in [0.5, 0.6) is 5.75 Å². The minimum absolute atomic E-state index is 0.181. The lowest BCUT2D eigenvalue weighted by Crippen LogP contribution is -2.49.